The predicted molar refractivity (Wildman–Crippen MR) is 159 cm³/mol. The molecule has 2 heterocycles. The molecule has 9 nitrogen and oxygen atoms in total. The molecular weight excluding hydrogens is 646 g/mol. The molecule has 40 heavy (non-hydrogen) atoms. The average Bonchev–Trinajstić information content (AvgIpc) is 3.36. The van der Waals surface area contributed by atoms with Gasteiger partial charge in [0, 0.05) is 19.9 Å². The van der Waals surface area contributed by atoms with Crippen LogP contribution in [-0.4, -0.2) is 41.7 Å². The van der Waals surface area contributed by atoms with Crippen molar-refractivity contribution >= 4 is 65.9 Å². The summed E-state index contributed by atoms with van der Waals surface area (Å²) in [6.45, 7) is 3.52. The first-order chi connectivity index (χ1) is 19.3. The van der Waals surface area contributed by atoms with Gasteiger partial charge >= 0.3 is 5.97 Å². The van der Waals surface area contributed by atoms with Gasteiger partial charge in [0.25, 0.3) is 5.56 Å². The monoisotopic (exact) mass is 667 g/mol. The summed E-state index contributed by atoms with van der Waals surface area (Å²) in [5.41, 5.74) is 1.20. The van der Waals surface area contributed by atoms with Crippen molar-refractivity contribution in [3.05, 3.63) is 85.5 Å². The highest BCUT2D eigenvalue weighted by atomic mass is 79.9. The molecule has 0 aliphatic heterocycles. The van der Waals surface area contributed by atoms with E-state index >= 15 is 0 Å². The molecule has 1 atom stereocenters. The van der Waals surface area contributed by atoms with Gasteiger partial charge in [-0.15, -0.1) is 0 Å². The van der Waals surface area contributed by atoms with Crippen LogP contribution in [0.4, 0.5) is 0 Å². The van der Waals surface area contributed by atoms with Gasteiger partial charge < -0.3 is 18.6 Å². The van der Waals surface area contributed by atoms with E-state index in [0.29, 0.717) is 38.0 Å². The van der Waals surface area contributed by atoms with Crippen molar-refractivity contribution in [3.63, 3.8) is 0 Å². The molecular formula is C29H23Br2N3O6. The van der Waals surface area contributed by atoms with Crippen molar-refractivity contribution in [3.8, 4) is 23.1 Å². The number of methoxy groups -OCH3 is 1. The minimum absolute atomic E-state index is 0.219. The lowest BCUT2D eigenvalue weighted by Crippen LogP contribution is -2.26. The molecule has 3 aromatic carbocycles. The van der Waals surface area contributed by atoms with Gasteiger partial charge in [0.1, 0.15) is 5.58 Å². The number of esters is 1. The van der Waals surface area contributed by atoms with E-state index in [-0.39, 0.29) is 23.7 Å². The van der Waals surface area contributed by atoms with Crippen LogP contribution in [0.15, 0.2) is 83.9 Å². The molecule has 0 aliphatic rings. The Morgan fingerprint density at radius 3 is 2.70 bits per heavy atom. The number of para-hydroxylation sites is 1. The standard InChI is InChI=1S/C29H23Br2N3O6/c1-4-38-29(36)16(2)39-26-18(12-20(31)14-24(26)37-3)15-32-34-27(33-22-8-6-5-7-21(22)28(34)35)25-13-17-11-19(30)9-10-23(17)40-25/h5-16H,4H2,1-3H3/t16-/m0/s1. The van der Waals surface area contributed by atoms with Gasteiger partial charge in [0.15, 0.2) is 23.4 Å². The molecule has 2 aromatic heterocycles. The maximum atomic E-state index is 13.7. The van der Waals surface area contributed by atoms with Gasteiger partial charge in [-0.3, -0.25) is 4.79 Å². The van der Waals surface area contributed by atoms with Gasteiger partial charge in [-0.2, -0.15) is 9.78 Å². The van der Waals surface area contributed by atoms with Crippen LogP contribution in [0.3, 0.4) is 0 Å². The Kier molecular flexibility index (Phi) is 8.04. The summed E-state index contributed by atoms with van der Waals surface area (Å²) in [5.74, 6) is 0.680. The molecule has 0 spiro atoms. The summed E-state index contributed by atoms with van der Waals surface area (Å²) in [6, 6.07) is 17.9. The molecule has 0 saturated heterocycles. The largest absolute Gasteiger partial charge is 0.493 e. The molecule has 0 fully saturated rings. The highest BCUT2D eigenvalue weighted by Crippen LogP contribution is 2.35. The first-order valence-electron chi connectivity index (χ1n) is 12.3. The molecule has 5 rings (SSSR count). The van der Waals surface area contributed by atoms with E-state index < -0.39 is 12.1 Å². The van der Waals surface area contributed by atoms with Gasteiger partial charge in [-0.1, -0.05) is 44.0 Å². The third kappa shape index (κ3) is 5.52. The number of ether oxygens (including phenoxy) is 3. The molecule has 0 bridgehead atoms. The van der Waals surface area contributed by atoms with Crippen LogP contribution in [0.5, 0.6) is 11.5 Å². The maximum Gasteiger partial charge on any atom is 0.347 e. The second-order valence-electron chi connectivity index (χ2n) is 8.65. The quantitative estimate of drug-likeness (QED) is 0.136. The van der Waals surface area contributed by atoms with Crippen LogP contribution in [0.25, 0.3) is 33.5 Å². The Morgan fingerprint density at radius 2 is 1.93 bits per heavy atom. The first-order valence-corrected chi connectivity index (χ1v) is 13.8. The number of hydrogen-bond acceptors (Lipinski definition) is 8. The average molecular weight is 669 g/mol. The summed E-state index contributed by atoms with van der Waals surface area (Å²) in [5, 5.41) is 5.76. The SMILES string of the molecule is CCOC(=O)[C@H](C)Oc1c(C=Nn2c(-c3cc4cc(Br)ccc4o3)nc3ccccc3c2=O)cc(Br)cc1OC. The van der Waals surface area contributed by atoms with Crippen LogP contribution in [0, 0.1) is 0 Å². The smallest absolute Gasteiger partial charge is 0.347 e. The van der Waals surface area contributed by atoms with Gasteiger partial charge in [0.05, 0.1) is 30.8 Å². The fourth-order valence-electron chi connectivity index (χ4n) is 4.08. The molecule has 204 valence electrons. The zero-order valence-electron chi connectivity index (χ0n) is 21.7. The van der Waals surface area contributed by atoms with Crippen LogP contribution < -0.4 is 15.0 Å². The Balaban J connectivity index is 1.67. The van der Waals surface area contributed by atoms with Gasteiger partial charge in [0.2, 0.25) is 5.82 Å². The molecule has 0 saturated carbocycles. The molecule has 0 N–H and O–H groups in total. The number of carbonyl (C=O) groups is 1. The fraction of sp³-hybridized carbons (Fsp3) is 0.172. The number of nitrogens with zero attached hydrogens (tertiary/aromatic N) is 3. The number of rotatable bonds is 8. The predicted octanol–water partition coefficient (Wildman–Crippen LogP) is 6.56. The lowest BCUT2D eigenvalue weighted by molar-refractivity contribution is -0.150. The van der Waals surface area contributed by atoms with Crippen molar-refractivity contribution in [2.75, 3.05) is 13.7 Å². The lowest BCUT2D eigenvalue weighted by Gasteiger charge is -2.18. The Morgan fingerprint density at radius 1 is 1.12 bits per heavy atom. The van der Waals surface area contributed by atoms with E-state index in [4.69, 9.17) is 23.6 Å². The van der Waals surface area contributed by atoms with E-state index in [1.807, 2.05) is 24.3 Å². The van der Waals surface area contributed by atoms with Crippen LogP contribution in [0.1, 0.15) is 19.4 Å². The van der Waals surface area contributed by atoms with Crippen LogP contribution in [0.2, 0.25) is 0 Å². The third-order valence-electron chi connectivity index (χ3n) is 5.95. The number of aromatic nitrogens is 2. The highest BCUT2D eigenvalue weighted by molar-refractivity contribution is 9.10. The van der Waals surface area contributed by atoms with Gasteiger partial charge in [-0.25, -0.2) is 9.78 Å². The second kappa shape index (κ2) is 11.6. The minimum atomic E-state index is -0.919. The summed E-state index contributed by atoms with van der Waals surface area (Å²) >= 11 is 6.94. The van der Waals surface area contributed by atoms with E-state index in [9.17, 15) is 9.59 Å². The second-order valence-corrected chi connectivity index (χ2v) is 10.5. The Bertz CT molecular complexity index is 1830. The first kappa shape index (κ1) is 27.6. The molecule has 0 amide bonds. The topological polar surface area (TPSA) is 105 Å². The van der Waals surface area contributed by atoms with Crippen molar-refractivity contribution < 1.29 is 23.4 Å². The molecule has 5 aromatic rings. The highest BCUT2D eigenvalue weighted by Gasteiger charge is 2.22. The number of fused-ring (bicyclic) bond motifs is 2. The summed E-state index contributed by atoms with van der Waals surface area (Å²) in [6.07, 6.45) is 0.527. The maximum absolute atomic E-state index is 13.7. The molecule has 0 unspecified atom stereocenters. The molecule has 0 aliphatic carbocycles. The fourth-order valence-corrected chi connectivity index (χ4v) is 4.91. The van der Waals surface area contributed by atoms with E-state index in [0.717, 1.165) is 9.86 Å². The van der Waals surface area contributed by atoms with Crippen LogP contribution in [-0.2, 0) is 9.53 Å². The lowest BCUT2D eigenvalue weighted by atomic mass is 10.2. The van der Waals surface area contributed by atoms with Crippen LogP contribution >= 0.6 is 31.9 Å². The zero-order valence-corrected chi connectivity index (χ0v) is 24.9. The molecule has 0 radical (unpaired) electrons. The van der Waals surface area contributed by atoms with E-state index in [2.05, 4.69) is 37.0 Å². The van der Waals surface area contributed by atoms with Crippen molar-refractivity contribution in [1.82, 2.24) is 9.66 Å². The normalized spacial score (nSPS) is 12.2. The summed E-state index contributed by atoms with van der Waals surface area (Å²) in [4.78, 5) is 30.7. The third-order valence-corrected chi connectivity index (χ3v) is 6.90. The number of hydrogen-bond donors (Lipinski definition) is 0. The summed E-state index contributed by atoms with van der Waals surface area (Å²) < 4.78 is 25.4. The van der Waals surface area contributed by atoms with Crippen molar-refractivity contribution in [2.45, 2.75) is 20.0 Å². The zero-order chi connectivity index (χ0) is 28.4. The van der Waals surface area contributed by atoms with E-state index in [1.54, 1.807) is 50.2 Å². The van der Waals surface area contributed by atoms with Crippen molar-refractivity contribution in [2.24, 2.45) is 5.10 Å². The van der Waals surface area contributed by atoms with Crippen molar-refractivity contribution in [1.29, 1.82) is 0 Å². The Hall–Kier alpha value is -3.96. The number of furan rings is 1. The van der Waals surface area contributed by atoms with Gasteiger partial charge in [-0.05, 0) is 62.4 Å². The minimum Gasteiger partial charge on any atom is -0.493 e. The summed E-state index contributed by atoms with van der Waals surface area (Å²) in [7, 11) is 1.49. The Labute approximate surface area is 245 Å². The van der Waals surface area contributed by atoms with E-state index in [1.165, 1.54) is 18.0 Å². The number of carbonyl (C=O) groups excluding carboxylic acids is 1. The molecule has 11 heteroatoms. The number of benzene rings is 3. The number of halogens is 2.